The standard InChI is InChI=1S/C12H19N5/c1-8-7-10-11(14-5-6-17(10)16-8)15-12(3,4)9(2)13/h5-7,9H,13H2,1-4H3,(H,14,15). The predicted molar refractivity (Wildman–Crippen MR) is 69.1 cm³/mol. The van der Waals surface area contributed by atoms with E-state index >= 15 is 0 Å². The Balaban J connectivity index is 2.42. The number of nitrogens with zero attached hydrogens (tertiary/aromatic N) is 3. The Hall–Kier alpha value is -1.62. The second-order valence-corrected chi connectivity index (χ2v) is 5.03. The van der Waals surface area contributed by atoms with E-state index in [4.69, 9.17) is 5.73 Å². The van der Waals surface area contributed by atoms with Crippen molar-refractivity contribution in [3.8, 4) is 0 Å². The van der Waals surface area contributed by atoms with Gasteiger partial charge in [-0.05, 0) is 33.8 Å². The molecule has 0 radical (unpaired) electrons. The quantitative estimate of drug-likeness (QED) is 0.844. The fourth-order valence-corrected chi connectivity index (χ4v) is 1.56. The van der Waals surface area contributed by atoms with E-state index in [1.54, 1.807) is 6.20 Å². The smallest absolute Gasteiger partial charge is 0.152 e. The van der Waals surface area contributed by atoms with Crippen molar-refractivity contribution in [2.24, 2.45) is 5.73 Å². The van der Waals surface area contributed by atoms with Gasteiger partial charge in [-0.2, -0.15) is 5.10 Å². The van der Waals surface area contributed by atoms with Crippen LogP contribution in [-0.4, -0.2) is 26.2 Å². The Morgan fingerprint density at radius 2 is 2.18 bits per heavy atom. The second kappa shape index (κ2) is 4.00. The Morgan fingerprint density at radius 1 is 1.47 bits per heavy atom. The van der Waals surface area contributed by atoms with Crippen molar-refractivity contribution in [1.82, 2.24) is 14.6 Å². The minimum atomic E-state index is -0.215. The van der Waals surface area contributed by atoms with Gasteiger partial charge in [-0.1, -0.05) is 0 Å². The molecule has 0 aliphatic heterocycles. The van der Waals surface area contributed by atoms with Crippen LogP contribution in [0.4, 0.5) is 5.82 Å². The van der Waals surface area contributed by atoms with Crippen LogP contribution in [0.1, 0.15) is 26.5 Å². The summed E-state index contributed by atoms with van der Waals surface area (Å²) in [5.74, 6) is 0.815. The first-order chi connectivity index (χ1) is 7.90. The third kappa shape index (κ3) is 2.24. The van der Waals surface area contributed by atoms with Gasteiger partial charge in [0.15, 0.2) is 5.82 Å². The van der Waals surface area contributed by atoms with Crippen LogP contribution >= 0.6 is 0 Å². The molecule has 0 saturated heterocycles. The first kappa shape index (κ1) is 11.9. The second-order valence-electron chi connectivity index (χ2n) is 5.03. The highest BCUT2D eigenvalue weighted by molar-refractivity contribution is 5.68. The van der Waals surface area contributed by atoms with Crippen LogP contribution in [0.5, 0.6) is 0 Å². The summed E-state index contributed by atoms with van der Waals surface area (Å²) in [5.41, 5.74) is 7.68. The van der Waals surface area contributed by atoms with Crippen LogP contribution < -0.4 is 11.1 Å². The molecule has 2 heterocycles. The predicted octanol–water partition coefficient (Wildman–Crippen LogP) is 1.58. The molecule has 92 valence electrons. The fourth-order valence-electron chi connectivity index (χ4n) is 1.56. The van der Waals surface area contributed by atoms with E-state index in [9.17, 15) is 0 Å². The van der Waals surface area contributed by atoms with Gasteiger partial charge >= 0.3 is 0 Å². The molecule has 1 atom stereocenters. The lowest BCUT2D eigenvalue weighted by atomic mass is 9.97. The molecule has 0 amide bonds. The molecule has 0 aromatic carbocycles. The number of hydrogen-bond acceptors (Lipinski definition) is 4. The number of nitrogens with two attached hydrogens (primary N) is 1. The molecule has 2 rings (SSSR count). The minimum absolute atomic E-state index is 0.0218. The van der Waals surface area contributed by atoms with E-state index in [0.717, 1.165) is 17.0 Å². The summed E-state index contributed by atoms with van der Waals surface area (Å²) in [6.07, 6.45) is 3.57. The Labute approximate surface area is 101 Å². The van der Waals surface area contributed by atoms with Crippen molar-refractivity contribution in [2.45, 2.75) is 39.3 Å². The molecule has 2 aromatic rings. The summed E-state index contributed by atoms with van der Waals surface area (Å²) in [5, 5.41) is 7.73. The molecule has 0 bridgehead atoms. The topological polar surface area (TPSA) is 68.2 Å². The lowest BCUT2D eigenvalue weighted by Crippen LogP contribution is -2.47. The van der Waals surface area contributed by atoms with Gasteiger partial charge in [-0.15, -0.1) is 0 Å². The van der Waals surface area contributed by atoms with Crippen molar-refractivity contribution in [2.75, 3.05) is 5.32 Å². The third-order valence-corrected chi connectivity index (χ3v) is 3.09. The highest BCUT2D eigenvalue weighted by Gasteiger charge is 2.23. The molecule has 2 aromatic heterocycles. The summed E-state index contributed by atoms with van der Waals surface area (Å²) in [6, 6.07) is 2.03. The summed E-state index contributed by atoms with van der Waals surface area (Å²) in [6.45, 7) is 8.07. The number of aryl methyl sites for hydroxylation is 1. The number of anilines is 1. The van der Waals surface area contributed by atoms with Crippen molar-refractivity contribution < 1.29 is 0 Å². The molecule has 3 N–H and O–H groups in total. The van der Waals surface area contributed by atoms with E-state index < -0.39 is 0 Å². The molecule has 0 aliphatic carbocycles. The van der Waals surface area contributed by atoms with Crippen LogP contribution in [-0.2, 0) is 0 Å². The molecular weight excluding hydrogens is 214 g/mol. The average Bonchev–Trinajstić information content (AvgIpc) is 2.59. The zero-order chi connectivity index (χ0) is 12.6. The number of rotatable bonds is 3. The van der Waals surface area contributed by atoms with Gasteiger partial charge in [-0.3, -0.25) is 0 Å². The molecule has 0 saturated carbocycles. The van der Waals surface area contributed by atoms with Crippen molar-refractivity contribution in [3.63, 3.8) is 0 Å². The Bertz CT molecular complexity index is 527. The monoisotopic (exact) mass is 233 g/mol. The van der Waals surface area contributed by atoms with E-state index in [1.165, 1.54) is 0 Å². The van der Waals surface area contributed by atoms with E-state index in [2.05, 4.69) is 29.2 Å². The number of fused-ring (bicyclic) bond motifs is 1. The molecule has 5 heteroatoms. The number of nitrogens with one attached hydrogen (secondary N) is 1. The molecule has 1 unspecified atom stereocenters. The molecule has 0 fully saturated rings. The van der Waals surface area contributed by atoms with Gasteiger partial charge in [-0.25, -0.2) is 9.50 Å². The normalized spacial score (nSPS) is 13.9. The lowest BCUT2D eigenvalue weighted by molar-refractivity contribution is 0.469. The molecule has 0 spiro atoms. The van der Waals surface area contributed by atoms with Gasteiger partial charge in [0.05, 0.1) is 5.69 Å². The molecule has 0 aliphatic rings. The van der Waals surface area contributed by atoms with Crippen molar-refractivity contribution in [1.29, 1.82) is 0 Å². The van der Waals surface area contributed by atoms with Crippen molar-refractivity contribution >= 4 is 11.3 Å². The van der Waals surface area contributed by atoms with Crippen LogP contribution in [0.15, 0.2) is 18.5 Å². The zero-order valence-electron chi connectivity index (χ0n) is 10.7. The number of aromatic nitrogens is 3. The van der Waals surface area contributed by atoms with Gasteiger partial charge in [0.2, 0.25) is 0 Å². The Kier molecular flexibility index (Phi) is 2.79. The maximum atomic E-state index is 5.95. The van der Waals surface area contributed by atoms with Gasteiger partial charge in [0, 0.05) is 24.0 Å². The largest absolute Gasteiger partial charge is 0.362 e. The number of hydrogen-bond donors (Lipinski definition) is 2. The third-order valence-electron chi connectivity index (χ3n) is 3.09. The highest BCUT2D eigenvalue weighted by Crippen LogP contribution is 2.20. The van der Waals surface area contributed by atoms with E-state index in [-0.39, 0.29) is 11.6 Å². The summed E-state index contributed by atoms with van der Waals surface area (Å²) >= 11 is 0. The average molecular weight is 233 g/mol. The maximum Gasteiger partial charge on any atom is 0.152 e. The van der Waals surface area contributed by atoms with Gasteiger partial charge < -0.3 is 11.1 Å². The van der Waals surface area contributed by atoms with Crippen LogP contribution in [0.25, 0.3) is 5.52 Å². The SMILES string of the molecule is Cc1cc2c(NC(C)(C)C(C)N)nccn2n1. The highest BCUT2D eigenvalue weighted by atomic mass is 15.2. The summed E-state index contributed by atoms with van der Waals surface area (Å²) in [4.78, 5) is 4.36. The Morgan fingerprint density at radius 3 is 2.82 bits per heavy atom. The van der Waals surface area contributed by atoms with E-state index in [1.807, 2.05) is 30.6 Å². The molecule has 5 nitrogen and oxygen atoms in total. The first-order valence-electron chi connectivity index (χ1n) is 5.75. The lowest BCUT2D eigenvalue weighted by Gasteiger charge is -2.31. The van der Waals surface area contributed by atoms with Gasteiger partial charge in [0.1, 0.15) is 5.52 Å². The zero-order valence-corrected chi connectivity index (χ0v) is 10.7. The maximum absolute atomic E-state index is 5.95. The summed E-state index contributed by atoms with van der Waals surface area (Å²) < 4.78 is 1.82. The minimum Gasteiger partial charge on any atom is -0.362 e. The first-order valence-corrected chi connectivity index (χ1v) is 5.75. The summed E-state index contributed by atoms with van der Waals surface area (Å²) in [7, 11) is 0. The van der Waals surface area contributed by atoms with Crippen LogP contribution in [0.2, 0.25) is 0 Å². The van der Waals surface area contributed by atoms with E-state index in [0.29, 0.717) is 0 Å². The molecule has 17 heavy (non-hydrogen) atoms. The van der Waals surface area contributed by atoms with Crippen LogP contribution in [0, 0.1) is 6.92 Å². The van der Waals surface area contributed by atoms with Gasteiger partial charge in [0.25, 0.3) is 0 Å². The molecular formula is C12H19N5. The van der Waals surface area contributed by atoms with Crippen molar-refractivity contribution in [3.05, 3.63) is 24.2 Å². The fraction of sp³-hybridized carbons (Fsp3) is 0.500. The van der Waals surface area contributed by atoms with Crippen LogP contribution in [0.3, 0.4) is 0 Å².